The van der Waals surface area contributed by atoms with Crippen LogP contribution >= 0.6 is 0 Å². The minimum atomic E-state index is 0.252. The molecule has 2 aromatic heterocycles. The van der Waals surface area contributed by atoms with Crippen LogP contribution in [0.25, 0.3) is 11.5 Å². The van der Waals surface area contributed by atoms with Gasteiger partial charge in [0.15, 0.2) is 5.82 Å². The molecular formula is C13H18N6O. The van der Waals surface area contributed by atoms with Gasteiger partial charge in [0.2, 0.25) is 5.95 Å². The molecule has 3 heterocycles. The maximum atomic E-state index is 5.76. The van der Waals surface area contributed by atoms with E-state index < -0.39 is 0 Å². The number of H-pyrrole nitrogens is 1. The van der Waals surface area contributed by atoms with Crippen molar-refractivity contribution in [1.29, 1.82) is 0 Å². The average molecular weight is 274 g/mol. The predicted octanol–water partition coefficient (Wildman–Crippen LogP) is 1.47. The maximum Gasteiger partial charge on any atom is 0.220 e. The van der Waals surface area contributed by atoms with Crippen molar-refractivity contribution in [2.45, 2.75) is 32.1 Å². The minimum absolute atomic E-state index is 0.252. The topological polar surface area (TPSA) is 103 Å². The van der Waals surface area contributed by atoms with Gasteiger partial charge in [-0.15, -0.1) is 0 Å². The molecule has 1 aliphatic heterocycles. The molecule has 1 atom stereocenters. The third-order valence-electron chi connectivity index (χ3n) is 3.40. The van der Waals surface area contributed by atoms with Crippen molar-refractivity contribution >= 4 is 5.95 Å². The first-order valence-electron chi connectivity index (χ1n) is 6.78. The lowest BCUT2D eigenvalue weighted by Crippen LogP contribution is -2.03. The van der Waals surface area contributed by atoms with Crippen LogP contribution in [0, 0.1) is 0 Å². The zero-order chi connectivity index (χ0) is 14.1. The molecule has 2 aromatic rings. The normalized spacial score (nSPS) is 18.9. The van der Waals surface area contributed by atoms with E-state index in [0.717, 1.165) is 24.5 Å². The van der Waals surface area contributed by atoms with Crippen molar-refractivity contribution < 1.29 is 4.74 Å². The molecular weight excluding hydrogens is 256 g/mol. The molecule has 3 rings (SSSR count). The lowest BCUT2D eigenvalue weighted by Gasteiger charge is -2.06. The summed E-state index contributed by atoms with van der Waals surface area (Å²) in [5, 5.41) is 7.21. The molecule has 20 heavy (non-hydrogen) atoms. The molecule has 0 radical (unpaired) electrons. The largest absolute Gasteiger partial charge is 0.381 e. The zero-order valence-electron chi connectivity index (χ0n) is 11.6. The van der Waals surface area contributed by atoms with E-state index in [2.05, 4.69) is 39.0 Å². The number of hydrogen-bond acceptors (Lipinski definition) is 6. The van der Waals surface area contributed by atoms with Crippen LogP contribution in [0.3, 0.4) is 0 Å². The van der Waals surface area contributed by atoms with E-state index >= 15 is 0 Å². The van der Waals surface area contributed by atoms with E-state index in [-0.39, 0.29) is 11.9 Å². The van der Waals surface area contributed by atoms with Crippen molar-refractivity contribution in [3.05, 3.63) is 17.6 Å². The summed E-state index contributed by atoms with van der Waals surface area (Å²) >= 11 is 0. The van der Waals surface area contributed by atoms with Crippen molar-refractivity contribution in [3.8, 4) is 11.5 Å². The van der Waals surface area contributed by atoms with Gasteiger partial charge in [0, 0.05) is 18.2 Å². The number of aromatic amines is 1. The Balaban J connectivity index is 1.92. The number of nitrogens with zero attached hydrogens (tertiary/aromatic N) is 4. The molecule has 0 aliphatic carbocycles. The number of hydrogen-bond donors (Lipinski definition) is 2. The van der Waals surface area contributed by atoms with Gasteiger partial charge in [-0.25, -0.2) is 15.0 Å². The smallest absolute Gasteiger partial charge is 0.220 e. The van der Waals surface area contributed by atoms with Crippen LogP contribution in [0.5, 0.6) is 0 Å². The van der Waals surface area contributed by atoms with Gasteiger partial charge in [0.05, 0.1) is 6.61 Å². The summed E-state index contributed by atoms with van der Waals surface area (Å²) in [7, 11) is 0. The Morgan fingerprint density at radius 1 is 1.35 bits per heavy atom. The molecule has 0 aromatic carbocycles. The number of anilines is 1. The van der Waals surface area contributed by atoms with Gasteiger partial charge < -0.3 is 10.5 Å². The molecule has 0 unspecified atom stereocenters. The molecule has 1 fully saturated rings. The number of nitrogen functional groups attached to an aromatic ring is 1. The summed E-state index contributed by atoms with van der Waals surface area (Å²) < 4.78 is 5.36. The molecule has 7 nitrogen and oxygen atoms in total. The van der Waals surface area contributed by atoms with E-state index in [9.17, 15) is 0 Å². The van der Waals surface area contributed by atoms with Gasteiger partial charge in [0.1, 0.15) is 11.5 Å². The lowest BCUT2D eigenvalue weighted by molar-refractivity contribution is 0.193. The highest BCUT2D eigenvalue weighted by Gasteiger charge is 2.22. The summed E-state index contributed by atoms with van der Waals surface area (Å²) in [5.41, 5.74) is 7.30. The van der Waals surface area contributed by atoms with Crippen molar-refractivity contribution in [2.75, 3.05) is 18.9 Å². The van der Waals surface area contributed by atoms with Crippen LogP contribution in [0.4, 0.5) is 5.95 Å². The number of nitrogens with two attached hydrogens (primary N) is 1. The molecule has 3 N–H and O–H groups in total. The standard InChI is InChI=1S/C13H18N6O/c1-7(2)9-5-10(16-13(14)15-9)12-17-11(18-19-12)8-3-4-20-6-8/h5,7-8H,3-4,6H2,1-2H3,(H2,14,15,16)(H,17,18,19)/t8-/m1/s1. The Bertz CT molecular complexity index is 603. The minimum Gasteiger partial charge on any atom is -0.381 e. The van der Waals surface area contributed by atoms with E-state index in [1.165, 1.54) is 0 Å². The number of nitrogens with one attached hydrogen (secondary N) is 1. The highest BCUT2D eigenvalue weighted by Crippen LogP contribution is 2.24. The second-order valence-electron chi connectivity index (χ2n) is 5.30. The van der Waals surface area contributed by atoms with Crippen molar-refractivity contribution in [3.63, 3.8) is 0 Å². The molecule has 1 aliphatic rings. The first-order valence-corrected chi connectivity index (χ1v) is 6.78. The first-order chi connectivity index (χ1) is 9.63. The zero-order valence-corrected chi connectivity index (χ0v) is 11.6. The predicted molar refractivity (Wildman–Crippen MR) is 74.1 cm³/mol. The Hall–Kier alpha value is -2.02. The Morgan fingerprint density at radius 2 is 2.20 bits per heavy atom. The third-order valence-corrected chi connectivity index (χ3v) is 3.40. The number of aromatic nitrogens is 5. The van der Waals surface area contributed by atoms with Gasteiger partial charge in [-0.3, -0.25) is 5.10 Å². The van der Waals surface area contributed by atoms with Crippen LogP contribution in [0.2, 0.25) is 0 Å². The van der Waals surface area contributed by atoms with Crippen LogP contribution in [0.15, 0.2) is 6.07 Å². The molecule has 0 bridgehead atoms. The Morgan fingerprint density at radius 3 is 2.90 bits per heavy atom. The van der Waals surface area contributed by atoms with Crippen LogP contribution in [0.1, 0.15) is 43.6 Å². The van der Waals surface area contributed by atoms with Crippen LogP contribution in [-0.2, 0) is 4.74 Å². The molecule has 0 amide bonds. The lowest BCUT2D eigenvalue weighted by atomic mass is 10.1. The van der Waals surface area contributed by atoms with E-state index in [1.54, 1.807) is 0 Å². The summed E-state index contributed by atoms with van der Waals surface area (Å²) in [6.45, 7) is 5.59. The van der Waals surface area contributed by atoms with Crippen LogP contribution < -0.4 is 5.73 Å². The number of rotatable bonds is 3. The van der Waals surface area contributed by atoms with E-state index in [1.807, 2.05) is 6.07 Å². The van der Waals surface area contributed by atoms with Gasteiger partial charge in [-0.2, -0.15) is 5.10 Å². The maximum absolute atomic E-state index is 5.76. The summed E-state index contributed by atoms with van der Waals surface area (Å²) in [5.74, 6) is 2.23. The van der Waals surface area contributed by atoms with E-state index in [0.29, 0.717) is 24.0 Å². The fourth-order valence-corrected chi connectivity index (χ4v) is 2.22. The Labute approximate surface area is 117 Å². The monoisotopic (exact) mass is 274 g/mol. The van der Waals surface area contributed by atoms with Crippen molar-refractivity contribution in [2.24, 2.45) is 0 Å². The van der Waals surface area contributed by atoms with E-state index in [4.69, 9.17) is 10.5 Å². The van der Waals surface area contributed by atoms with Gasteiger partial charge in [-0.1, -0.05) is 13.8 Å². The molecule has 1 saturated heterocycles. The van der Waals surface area contributed by atoms with Crippen molar-refractivity contribution in [1.82, 2.24) is 25.1 Å². The molecule has 106 valence electrons. The van der Waals surface area contributed by atoms with Gasteiger partial charge in [0.25, 0.3) is 0 Å². The molecule has 0 spiro atoms. The summed E-state index contributed by atoms with van der Waals surface area (Å²) in [6.07, 6.45) is 0.970. The fourth-order valence-electron chi connectivity index (χ4n) is 2.22. The molecule has 0 saturated carbocycles. The molecule has 7 heteroatoms. The van der Waals surface area contributed by atoms with Gasteiger partial charge >= 0.3 is 0 Å². The summed E-state index contributed by atoms with van der Waals surface area (Å²) in [6, 6.07) is 1.89. The highest BCUT2D eigenvalue weighted by atomic mass is 16.5. The third kappa shape index (κ3) is 2.49. The average Bonchev–Trinajstić information content (AvgIpc) is 3.09. The SMILES string of the molecule is CC(C)c1cc(-c2n[nH]c([C@@H]3CCOC3)n2)nc(N)n1. The highest BCUT2D eigenvalue weighted by molar-refractivity contribution is 5.51. The Kier molecular flexibility index (Phi) is 3.35. The quantitative estimate of drug-likeness (QED) is 0.878. The second kappa shape index (κ2) is 5.16. The summed E-state index contributed by atoms with van der Waals surface area (Å²) in [4.78, 5) is 13.0. The number of ether oxygens (including phenoxy) is 1. The first kappa shape index (κ1) is 13.0. The second-order valence-corrected chi connectivity index (χ2v) is 5.30. The van der Waals surface area contributed by atoms with Gasteiger partial charge in [-0.05, 0) is 18.4 Å². The van der Waals surface area contributed by atoms with Crippen LogP contribution in [-0.4, -0.2) is 38.4 Å². The fraction of sp³-hybridized carbons (Fsp3) is 0.538.